The first-order valence-corrected chi connectivity index (χ1v) is 8.91. The predicted molar refractivity (Wildman–Crippen MR) is 89.1 cm³/mol. The molecule has 2 aromatic rings. The molecule has 1 aliphatic rings. The largest absolute Gasteiger partial charge is 0.481 e. The summed E-state index contributed by atoms with van der Waals surface area (Å²) in [5.41, 5.74) is -0.738. The summed E-state index contributed by atoms with van der Waals surface area (Å²) in [5, 5.41) is 17.8. The molecule has 134 valence electrons. The first-order chi connectivity index (χ1) is 12.1. The average molecular weight is 365 g/mol. The topological polar surface area (TPSA) is 115 Å². The molecule has 0 atom stereocenters. The second kappa shape index (κ2) is 7.75. The molecule has 0 aromatic carbocycles. The molecule has 25 heavy (non-hydrogen) atoms. The normalized spacial score (nSPS) is 16.5. The smallest absolute Gasteiger partial charge is 0.305 e. The van der Waals surface area contributed by atoms with E-state index >= 15 is 0 Å². The maximum absolute atomic E-state index is 12.3. The average Bonchev–Trinajstić information content (AvgIpc) is 3.24. The minimum absolute atomic E-state index is 0.106. The van der Waals surface area contributed by atoms with Crippen molar-refractivity contribution >= 4 is 23.2 Å². The van der Waals surface area contributed by atoms with E-state index in [0.717, 1.165) is 4.88 Å². The van der Waals surface area contributed by atoms with Gasteiger partial charge in [0.05, 0.1) is 16.8 Å². The van der Waals surface area contributed by atoms with E-state index in [1.54, 1.807) is 0 Å². The van der Waals surface area contributed by atoms with Crippen LogP contribution >= 0.6 is 11.3 Å². The Labute approximate surface area is 148 Å². The van der Waals surface area contributed by atoms with Gasteiger partial charge >= 0.3 is 5.97 Å². The Morgan fingerprint density at radius 3 is 2.84 bits per heavy atom. The zero-order valence-corrected chi connectivity index (χ0v) is 14.4. The fourth-order valence-corrected chi connectivity index (χ4v) is 3.49. The van der Waals surface area contributed by atoms with Gasteiger partial charge in [-0.1, -0.05) is 11.2 Å². The molecular formula is C16H19N3O5S. The molecule has 1 aliphatic heterocycles. The molecule has 3 heterocycles. The second-order valence-electron chi connectivity index (χ2n) is 6.00. The Balaban J connectivity index is 1.55. The molecule has 1 fully saturated rings. The highest BCUT2D eigenvalue weighted by Crippen LogP contribution is 2.25. The summed E-state index contributed by atoms with van der Waals surface area (Å²) in [7, 11) is 0. The van der Waals surface area contributed by atoms with E-state index in [1.807, 2.05) is 17.5 Å². The van der Waals surface area contributed by atoms with Crippen LogP contribution in [-0.2, 0) is 20.7 Å². The number of nitrogens with one attached hydrogen (secondary N) is 1. The van der Waals surface area contributed by atoms with Crippen molar-refractivity contribution in [2.24, 2.45) is 0 Å². The standard InChI is InChI=1S/C16H19N3O5S/c20-12(18-16(10-14(21)22)5-7-23-8-6-16)3-4-13-17-15(19-24-13)11-2-1-9-25-11/h1-2,9H,3-8,10H2,(H,18,20)(H,21,22). The van der Waals surface area contributed by atoms with Gasteiger partial charge in [-0.15, -0.1) is 11.3 Å². The summed E-state index contributed by atoms with van der Waals surface area (Å²) in [6.45, 7) is 0.892. The molecule has 0 unspecified atom stereocenters. The molecule has 1 saturated heterocycles. The summed E-state index contributed by atoms with van der Waals surface area (Å²) in [6, 6.07) is 3.80. The van der Waals surface area contributed by atoms with Crippen LogP contribution in [0.5, 0.6) is 0 Å². The fourth-order valence-electron chi connectivity index (χ4n) is 2.84. The van der Waals surface area contributed by atoms with E-state index in [9.17, 15) is 9.59 Å². The van der Waals surface area contributed by atoms with Crippen LogP contribution in [-0.4, -0.2) is 45.9 Å². The van der Waals surface area contributed by atoms with E-state index in [4.69, 9.17) is 14.4 Å². The quantitative estimate of drug-likeness (QED) is 0.770. The summed E-state index contributed by atoms with van der Waals surface area (Å²) >= 11 is 1.51. The number of carbonyl (C=O) groups excluding carboxylic acids is 1. The molecule has 0 spiro atoms. The first kappa shape index (κ1) is 17.6. The van der Waals surface area contributed by atoms with Crippen LogP contribution < -0.4 is 5.32 Å². The number of aliphatic carboxylic acids is 1. The van der Waals surface area contributed by atoms with Gasteiger partial charge in [0.25, 0.3) is 0 Å². The molecule has 9 heteroatoms. The molecule has 8 nitrogen and oxygen atoms in total. The van der Waals surface area contributed by atoms with E-state index in [0.29, 0.717) is 44.2 Å². The Hall–Kier alpha value is -2.26. The van der Waals surface area contributed by atoms with Crippen molar-refractivity contribution < 1.29 is 24.0 Å². The lowest BCUT2D eigenvalue weighted by atomic mass is 9.86. The van der Waals surface area contributed by atoms with Gasteiger partial charge in [0.1, 0.15) is 0 Å². The maximum Gasteiger partial charge on any atom is 0.305 e. The number of aromatic nitrogens is 2. The van der Waals surface area contributed by atoms with E-state index in [2.05, 4.69) is 15.5 Å². The molecule has 1 amide bonds. The molecule has 0 radical (unpaired) electrons. The number of aryl methyl sites for hydroxylation is 1. The predicted octanol–water partition coefficient (Wildman–Crippen LogP) is 1.87. The number of amides is 1. The van der Waals surface area contributed by atoms with Crippen LogP contribution in [0.1, 0.15) is 31.6 Å². The van der Waals surface area contributed by atoms with Gasteiger partial charge in [-0.2, -0.15) is 4.98 Å². The fraction of sp³-hybridized carbons (Fsp3) is 0.500. The summed E-state index contributed by atoms with van der Waals surface area (Å²) in [6.07, 6.45) is 1.35. The summed E-state index contributed by atoms with van der Waals surface area (Å²) in [5.74, 6) is -0.256. The third-order valence-corrected chi connectivity index (χ3v) is 4.99. The Kier molecular flexibility index (Phi) is 5.44. The van der Waals surface area contributed by atoms with Crippen LogP contribution in [0.15, 0.2) is 22.0 Å². The van der Waals surface area contributed by atoms with Crippen LogP contribution in [0.3, 0.4) is 0 Å². The van der Waals surface area contributed by atoms with E-state index in [1.165, 1.54) is 11.3 Å². The highest BCUT2D eigenvalue weighted by atomic mass is 32.1. The van der Waals surface area contributed by atoms with Gasteiger partial charge in [-0.25, -0.2) is 0 Å². The van der Waals surface area contributed by atoms with Crippen molar-refractivity contribution in [1.29, 1.82) is 0 Å². The highest BCUT2D eigenvalue weighted by Gasteiger charge is 2.36. The van der Waals surface area contributed by atoms with Crippen molar-refractivity contribution in [2.45, 2.75) is 37.6 Å². The minimum Gasteiger partial charge on any atom is -0.481 e. The molecule has 2 aromatic heterocycles. The molecule has 0 aliphatic carbocycles. The van der Waals surface area contributed by atoms with Crippen molar-refractivity contribution in [2.75, 3.05) is 13.2 Å². The monoisotopic (exact) mass is 365 g/mol. The number of rotatable bonds is 7. The lowest BCUT2D eigenvalue weighted by Crippen LogP contribution is -2.53. The summed E-state index contributed by atoms with van der Waals surface area (Å²) < 4.78 is 10.4. The molecular weight excluding hydrogens is 346 g/mol. The third kappa shape index (κ3) is 4.64. The van der Waals surface area contributed by atoms with Gasteiger partial charge in [0.15, 0.2) is 0 Å². The minimum atomic E-state index is -0.931. The molecule has 2 N–H and O–H groups in total. The lowest BCUT2D eigenvalue weighted by molar-refractivity contribution is -0.140. The van der Waals surface area contributed by atoms with Gasteiger partial charge in [0, 0.05) is 26.1 Å². The SMILES string of the molecule is O=C(O)CC1(NC(=O)CCc2nc(-c3cccs3)no2)CCOCC1. The molecule has 0 bridgehead atoms. The Bertz CT molecular complexity index is 722. The zero-order chi connectivity index (χ0) is 17.7. The number of carbonyl (C=O) groups is 2. The van der Waals surface area contributed by atoms with Crippen LogP contribution in [0, 0.1) is 0 Å². The van der Waals surface area contributed by atoms with Crippen LogP contribution in [0.25, 0.3) is 10.7 Å². The van der Waals surface area contributed by atoms with E-state index in [-0.39, 0.29) is 18.7 Å². The molecule has 3 rings (SSSR count). The number of carboxylic acids is 1. The summed E-state index contributed by atoms with van der Waals surface area (Å²) in [4.78, 5) is 28.6. The van der Waals surface area contributed by atoms with Crippen LogP contribution in [0.2, 0.25) is 0 Å². The van der Waals surface area contributed by atoms with Gasteiger partial charge in [-0.3, -0.25) is 9.59 Å². The number of carboxylic acid groups (broad SMARTS) is 1. The van der Waals surface area contributed by atoms with E-state index < -0.39 is 11.5 Å². The molecule has 0 saturated carbocycles. The second-order valence-corrected chi connectivity index (χ2v) is 6.95. The zero-order valence-electron chi connectivity index (χ0n) is 13.6. The Morgan fingerprint density at radius 1 is 1.36 bits per heavy atom. The number of hydrogen-bond donors (Lipinski definition) is 2. The number of hydrogen-bond acceptors (Lipinski definition) is 7. The number of ether oxygens (including phenoxy) is 1. The number of thiophene rings is 1. The number of nitrogens with zero attached hydrogens (tertiary/aromatic N) is 2. The first-order valence-electron chi connectivity index (χ1n) is 8.03. The van der Waals surface area contributed by atoms with Crippen molar-refractivity contribution in [1.82, 2.24) is 15.5 Å². The maximum atomic E-state index is 12.3. The van der Waals surface area contributed by atoms with Gasteiger partial charge < -0.3 is 19.7 Å². The van der Waals surface area contributed by atoms with Crippen molar-refractivity contribution in [3.63, 3.8) is 0 Å². The van der Waals surface area contributed by atoms with Crippen molar-refractivity contribution in [3.05, 3.63) is 23.4 Å². The Morgan fingerprint density at radius 2 is 2.16 bits per heavy atom. The third-order valence-electron chi connectivity index (χ3n) is 4.12. The lowest BCUT2D eigenvalue weighted by Gasteiger charge is -2.36. The van der Waals surface area contributed by atoms with Crippen LogP contribution in [0.4, 0.5) is 0 Å². The highest BCUT2D eigenvalue weighted by molar-refractivity contribution is 7.13. The van der Waals surface area contributed by atoms with Gasteiger partial charge in [0.2, 0.25) is 17.6 Å². The van der Waals surface area contributed by atoms with Gasteiger partial charge in [-0.05, 0) is 24.3 Å². The van der Waals surface area contributed by atoms with Crippen molar-refractivity contribution in [3.8, 4) is 10.7 Å².